The van der Waals surface area contributed by atoms with E-state index >= 15 is 0 Å². The van der Waals surface area contributed by atoms with Crippen LogP contribution in [-0.4, -0.2) is 32.4 Å². The van der Waals surface area contributed by atoms with Gasteiger partial charge in [0.1, 0.15) is 0 Å². The van der Waals surface area contributed by atoms with Crippen LogP contribution in [0.4, 0.5) is 0 Å². The van der Waals surface area contributed by atoms with Crippen LogP contribution in [0.15, 0.2) is 146 Å². The zero-order valence-electron chi connectivity index (χ0n) is 24.2. The Morgan fingerprint density at radius 3 is 1.65 bits per heavy atom. The van der Waals surface area contributed by atoms with E-state index in [0.29, 0.717) is 0 Å². The molecule has 0 fully saturated rings. The SMILES string of the molecule is CS1(C)C(c2cccc(-c3ccccn3)n2)=C(c2ccccc2)C(c2ccccc2)C1c1cccc(-c2ccccn2)n1. The monoisotopic (exact) mass is 576 g/mol. The third-order valence-electron chi connectivity index (χ3n) is 8.16. The maximum absolute atomic E-state index is 5.32. The van der Waals surface area contributed by atoms with Gasteiger partial charge in [-0.05, 0) is 77.7 Å². The van der Waals surface area contributed by atoms with Crippen LogP contribution in [0.3, 0.4) is 0 Å². The summed E-state index contributed by atoms with van der Waals surface area (Å²) in [4.78, 5) is 21.1. The largest absolute Gasteiger partial charge is 0.255 e. The molecule has 4 aromatic heterocycles. The van der Waals surface area contributed by atoms with Gasteiger partial charge in [0.25, 0.3) is 0 Å². The molecule has 5 heteroatoms. The quantitative estimate of drug-likeness (QED) is 0.198. The Hall–Kier alpha value is -4.87. The van der Waals surface area contributed by atoms with E-state index in [4.69, 9.17) is 9.97 Å². The van der Waals surface area contributed by atoms with E-state index in [1.165, 1.54) is 21.6 Å². The molecule has 1 aliphatic rings. The smallest absolute Gasteiger partial charge is 0.0893 e. The van der Waals surface area contributed by atoms with Crippen LogP contribution in [0.2, 0.25) is 0 Å². The lowest BCUT2D eigenvalue weighted by molar-refractivity contribution is 0.810. The van der Waals surface area contributed by atoms with Gasteiger partial charge < -0.3 is 0 Å². The first-order chi connectivity index (χ1) is 21.1. The van der Waals surface area contributed by atoms with Crippen LogP contribution in [-0.2, 0) is 0 Å². The summed E-state index contributed by atoms with van der Waals surface area (Å²) < 4.78 is 0. The standard InChI is InChI=1S/C38H32N4S/c1-43(2)37(33-23-13-21-31(41-33)29-19-9-11-25-39-29)35(27-15-5-3-6-16-27)36(28-17-7-4-8-18-28)38(43)34-24-14-22-32(42-34)30-20-10-12-26-40-30/h3-26,35,37H,1-2H3. The van der Waals surface area contributed by atoms with Crippen molar-refractivity contribution < 1.29 is 0 Å². The zero-order valence-corrected chi connectivity index (χ0v) is 25.0. The summed E-state index contributed by atoms with van der Waals surface area (Å²) in [7, 11) is -1.51. The summed E-state index contributed by atoms with van der Waals surface area (Å²) >= 11 is 0. The number of nitrogens with zero attached hydrogens (tertiary/aromatic N) is 4. The van der Waals surface area contributed by atoms with Gasteiger partial charge in [-0.3, -0.25) is 15.0 Å². The van der Waals surface area contributed by atoms with Gasteiger partial charge in [-0.15, -0.1) is 0 Å². The molecule has 6 aromatic rings. The first-order valence-corrected chi connectivity index (χ1v) is 17.0. The van der Waals surface area contributed by atoms with E-state index in [2.05, 4.69) is 120 Å². The Bertz CT molecular complexity index is 1890. The van der Waals surface area contributed by atoms with E-state index < -0.39 is 10.0 Å². The fourth-order valence-electron chi connectivity index (χ4n) is 6.34. The van der Waals surface area contributed by atoms with Gasteiger partial charge in [-0.25, -0.2) is 15.0 Å². The van der Waals surface area contributed by atoms with Crippen molar-refractivity contribution >= 4 is 20.5 Å². The third kappa shape index (κ3) is 5.06. The first-order valence-electron chi connectivity index (χ1n) is 14.5. The molecule has 0 saturated heterocycles. The Kier molecular flexibility index (Phi) is 7.17. The molecule has 210 valence electrons. The summed E-state index contributed by atoms with van der Waals surface area (Å²) in [6.07, 6.45) is 8.52. The predicted molar refractivity (Wildman–Crippen MR) is 180 cm³/mol. The van der Waals surface area contributed by atoms with E-state index in [-0.39, 0.29) is 11.2 Å². The van der Waals surface area contributed by atoms with Gasteiger partial charge >= 0.3 is 0 Å². The number of pyridine rings is 4. The van der Waals surface area contributed by atoms with Crippen molar-refractivity contribution in [3.05, 3.63) is 168 Å². The Labute approximate surface area is 254 Å². The molecule has 0 radical (unpaired) electrons. The van der Waals surface area contributed by atoms with Crippen molar-refractivity contribution in [2.45, 2.75) is 11.2 Å². The molecule has 2 aromatic carbocycles. The molecule has 0 saturated carbocycles. The highest BCUT2D eigenvalue weighted by Gasteiger charge is 2.48. The molecule has 2 atom stereocenters. The van der Waals surface area contributed by atoms with Gasteiger partial charge in [0.05, 0.1) is 34.2 Å². The number of allylic oxidation sites excluding steroid dienone is 1. The number of hydrogen-bond acceptors (Lipinski definition) is 4. The Morgan fingerprint density at radius 2 is 1.02 bits per heavy atom. The molecule has 0 aliphatic carbocycles. The number of benzene rings is 2. The Morgan fingerprint density at radius 1 is 0.488 bits per heavy atom. The van der Waals surface area contributed by atoms with E-state index in [0.717, 1.165) is 34.2 Å². The van der Waals surface area contributed by atoms with Crippen molar-refractivity contribution in [3.8, 4) is 22.8 Å². The molecule has 43 heavy (non-hydrogen) atoms. The van der Waals surface area contributed by atoms with E-state index in [1.807, 2.05) is 48.8 Å². The number of aromatic nitrogens is 4. The van der Waals surface area contributed by atoms with Crippen molar-refractivity contribution in [1.29, 1.82) is 0 Å². The van der Waals surface area contributed by atoms with Crippen LogP contribution < -0.4 is 0 Å². The van der Waals surface area contributed by atoms with Gasteiger partial charge in [-0.1, -0.05) is 84.9 Å². The van der Waals surface area contributed by atoms with Crippen molar-refractivity contribution in [1.82, 2.24) is 19.9 Å². The molecular weight excluding hydrogens is 545 g/mol. The minimum atomic E-state index is -1.51. The fourth-order valence-corrected chi connectivity index (χ4v) is 9.77. The van der Waals surface area contributed by atoms with Crippen LogP contribution in [0.5, 0.6) is 0 Å². The highest BCUT2D eigenvalue weighted by atomic mass is 32.3. The van der Waals surface area contributed by atoms with Gasteiger partial charge in [0, 0.05) is 28.5 Å². The average molecular weight is 577 g/mol. The highest BCUT2D eigenvalue weighted by Crippen LogP contribution is 2.77. The summed E-state index contributed by atoms with van der Waals surface area (Å²) in [6.45, 7) is 0. The van der Waals surface area contributed by atoms with Crippen LogP contribution in [0.1, 0.15) is 33.7 Å². The lowest BCUT2D eigenvalue weighted by Crippen LogP contribution is -2.14. The molecule has 0 N–H and O–H groups in total. The zero-order chi connectivity index (χ0) is 29.2. The average Bonchev–Trinajstić information content (AvgIpc) is 3.33. The van der Waals surface area contributed by atoms with Gasteiger partial charge in [-0.2, -0.15) is 0 Å². The second-order valence-corrected chi connectivity index (χ2v) is 14.8. The molecule has 7 rings (SSSR count). The topological polar surface area (TPSA) is 51.6 Å². The first kappa shape index (κ1) is 27.0. The highest BCUT2D eigenvalue weighted by molar-refractivity contribution is 8.40. The van der Waals surface area contributed by atoms with Crippen LogP contribution in [0, 0.1) is 0 Å². The predicted octanol–water partition coefficient (Wildman–Crippen LogP) is 9.07. The van der Waals surface area contributed by atoms with E-state index in [1.54, 1.807) is 0 Å². The molecule has 0 spiro atoms. The third-order valence-corrected chi connectivity index (χ3v) is 11.4. The molecule has 0 amide bonds. The Balaban J connectivity index is 1.49. The minimum absolute atomic E-state index is 0.0930. The summed E-state index contributed by atoms with van der Waals surface area (Å²) in [5.41, 5.74) is 9.45. The lowest BCUT2D eigenvalue weighted by atomic mass is 9.82. The van der Waals surface area contributed by atoms with Crippen molar-refractivity contribution in [2.24, 2.45) is 0 Å². The molecular formula is C38H32N4S. The number of rotatable bonds is 6. The fraction of sp³-hybridized carbons (Fsp3) is 0.105. The van der Waals surface area contributed by atoms with E-state index in [9.17, 15) is 0 Å². The molecule has 1 aliphatic heterocycles. The number of hydrogen-bond donors (Lipinski definition) is 0. The molecule has 2 unspecified atom stereocenters. The summed E-state index contributed by atoms with van der Waals surface area (Å²) in [6, 6.07) is 46.4. The maximum Gasteiger partial charge on any atom is 0.0893 e. The second-order valence-electron chi connectivity index (χ2n) is 11.1. The van der Waals surface area contributed by atoms with Crippen molar-refractivity contribution in [2.75, 3.05) is 12.5 Å². The summed E-state index contributed by atoms with van der Waals surface area (Å²) in [5, 5.41) is 0.129. The molecule has 4 nitrogen and oxygen atoms in total. The molecule has 5 heterocycles. The second kappa shape index (κ2) is 11.4. The summed E-state index contributed by atoms with van der Waals surface area (Å²) in [5.74, 6) is 0.0930. The van der Waals surface area contributed by atoms with Gasteiger partial charge in [0.2, 0.25) is 0 Å². The van der Waals surface area contributed by atoms with Gasteiger partial charge in [0.15, 0.2) is 0 Å². The normalized spacial score (nSPS) is 18.4. The van der Waals surface area contributed by atoms with Crippen LogP contribution in [0.25, 0.3) is 33.3 Å². The lowest BCUT2D eigenvalue weighted by Gasteiger charge is -2.38. The maximum atomic E-state index is 5.32. The molecule has 0 bridgehead atoms. The minimum Gasteiger partial charge on any atom is -0.255 e. The van der Waals surface area contributed by atoms with Crippen LogP contribution >= 0.6 is 10.0 Å². The van der Waals surface area contributed by atoms with Crippen molar-refractivity contribution in [3.63, 3.8) is 0 Å².